The number of nitrogens with one attached hydrogen (secondary N) is 1. The smallest absolute Gasteiger partial charge is 0.226 e. The lowest BCUT2D eigenvalue weighted by Crippen LogP contribution is -2.55. The fourth-order valence-corrected chi connectivity index (χ4v) is 4.26. The third-order valence-corrected chi connectivity index (χ3v) is 6.37. The molecule has 2 saturated heterocycles. The van der Waals surface area contributed by atoms with Gasteiger partial charge in [-0.1, -0.05) is 0 Å². The maximum absolute atomic E-state index is 12.6. The number of hydrogen-bond donors (Lipinski definition) is 1. The average molecular weight is 437 g/mol. The number of nitriles is 1. The van der Waals surface area contributed by atoms with Crippen LogP contribution in [0.25, 0.3) is 11.4 Å². The van der Waals surface area contributed by atoms with Crippen LogP contribution in [0.3, 0.4) is 0 Å². The number of piperazine rings is 1. The Bertz CT molecular complexity index is 1050. The first-order valence-corrected chi connectivity index (χ1v) is 11.2. The van der Waals surface area contributed by atoms with Crippen LogP contribution in [0.15, 0.2) is 12.4 Å². The van der Waals surface area contributed by atoms with Gasteiger partial charge in [-0.2, -0.15) is 10.4 Å². The minimum absolute atomic E-state index is 0.0590. The van der Waals surface area contributed by atoms with E-state index >= 15 is 0 Å². The van der Waals surface area contributed by atoms with Crippen molar-refractivity contribution in [1.82, 2.24) is 24.6 Å². The van der Waals surface area contributed by atoms with Crippen molar-refractivity contribution >= 4 is 17.5 Å². The summed E-state index contributed by atoms with van der Waals surface area (Å²) in [6.07, 6.45) is 5.60. The third kappa shape index (κ3) is 4.00. The van der Waals surface area contributed by atoms with E-state index in [1.165, 1.54) is 0 Å². The number of amides is 1. The Hall–Kier alpha value is -3.19. The molecule has 0 spiro atoms. The first-order chi connectivity index (χ1) is 15.5. The molecule has 1 atom stereocenters. The van der Waals surface area contributed by atoms with E-state index in [2.05, 4.69) is 33.3 Å². The minimum Gasteiger partial charge on any atom is -0.381 e. The lowest BCUT2D eigenvalue weighted by Gasteiger charge is -2.41. The molecule has 3 aliphatic rings. The molecule has 10 nitrogen and oxygen atoms in total. The molecule has 10 heteroatoms. The lowest BCUT2D eigenvalue weighted by atomic mass is 10.1. The summed E-state index contributed by atoms with van der Waals surface area (Å²) < 4.78 is 6.98. The Morgan fingerprint density at radius 2 is 2.12 bits per heavy atom. The van der Waals surface area contributed by atoms with Gasteiger partial charge < -0.3 is 19.9 Å². The number of rotatable bonds is 6. The molecule has 168 valence electrons. The van der Waals surface area contributed by atoms with Gasteiger partial charge in [0.05, 0.1) is 25.0 Å². The first-order valence-electron chi connectivity index (χ1n) is 11.2. The van der Waals surface area contributed by atoms with Crippen molar-refractivity contribution in [3.8, 4) is 17.5 Å². The van der Waals surface area contributed by atoms with Gasteiger partial charge in [-0.15, -0.1) is 0 Å². The molecule has 0 radical (unpaired) electrons. The normalized spacial score (nSPS) is 21.2. The van der Waals surface area contributed by atoms with E-state index in [4.69, 9.17) is 9.72 Å². The molecule has 0 bridgehead atoms. The van der Waals surface area contributed by atoms with Crippen LogP contribution in [0.5, 0.6) is 0 Å². The zero-order valence-electron chi connectivity index (χ0n) is 18.5. The molecule has 1 aliphatic carbocycles. The summed E-state index contributed by atoms with van der Waals surface area (Å²) in [4.78, 5) is 26.2. The molecular weight excluding hydrogens is 408 g/mol. The highest BCUT2D eigenvalue weighted by molar-refractivity contribution is 5.81. The molecular formula is C22H28N8O2. The highest BCUT2D eigenvalue weighted by Gasteiger charge is 2.38. The molecule has 2 aliphatic heterocycles. The Labute approximate surface area is 187 Å². The minimum atomic E-state index is 0.0590. The van der Waals surface area contributed by atoms with Gasteiger partial charge in [0, 0.05) is 57.3 Å². The fraction of sp³-hybridized carbons (Fsp3) is 0.591. The summed E-state index contributed by atoms with van der Waals surface area (Å²) in [5, 5.41) is 17.6. The summed E-state index contributed by atoms with van der Waals surface area (Å²) in [5.41, 5.74) is 1.23. The standard InChI is InChI=1S/C22H28N8O2/c1-14-10-29(5-6-30(14)22(31)16-3-4-16)21-18(7-23)20(24-8-15-12-32-13-15)26-19(27-21)17-9-25-28(2)11-17/h9,11,14-16H,3-6,8,10,12-13H2,1-2H3,(H,24,26,27)/t14-/m1/s1. The molecule has 2 aromatic heterocycles. The van der Waals surface area contributed by atoms with Gasteiger partial charge in [-0.05, 0) is 19.8 Å². The van der Waals surface area contributed by atoms with E-state index in [1.807, 2.05) is 18.1 Å². The molecule has 0 unspecified atom stereocenters. The molecule has 1 amide bonds. The van der Waals surface area contributed by atoms with E-state index < -0.39 is 0 Å². The predicted octanol–water partition coefficient (Wildman–Crippen LogP) is 1.25. The van der Waals surface area contributed by atoms with Gasteiger partial charge in [0.15, 0.2) is 11.6 Å². The van der Waals surface area contributed by atoms with Crippen molar-refractivity contribution < 1.29 is 9.53 Å². The van der Waals surface area contributed by atoms with Crippen LogP contribution in [0.4, 0.5) is 11.6 Å². The first kappa shape index (κ1) is 20.7. The van der Waals surface area contributed by atoms with Crippen LogP contribution in [0, 0.1) is 23.2 Å². The fourth-order valence-electron chi connectivity index (χ4n) is 4.26. The highest BCUT2D eigenvalue weighted by atomic mass is 16.5. The Balaban J connectivity index is 1.45. The van der Waals surface area contributed by atoms with Gasteiger partial charge in [0.25, 0.3) is 0 Å². The third-order valence-electron chi connectivity index (χ3n) is 6.37. The van der Waals surface area contributed by atoms with Crippen molar-refractivity contribution in [2.75, 3.05) is 49.6 Å². The van der Waals surface area contributed by atoms with Crippen LogP contribution in [0.1, 0.15) is 25.3 Å². The summed E-state index contributed by atoms with van der Waals surface area (Å²) in [6.45, 7) is 6.10. The van der Waals surface area contributed by atoms with E-state index in [0.29, 0.717) is 55.1 Å². The molecule has 2 aromatic rings. The zero-order valence-corrected chi connectivity index (χ0v) is 18.5. The topological polar surface area (TPSA) is 112 Å². The monoisotopic (exact) mass is 436 g/mol. The van der Waals surface area contributed by atoms with Gasteiger partial charge >= 0.3 is 0 Å². The molecule has 1 N–H and O–H groups in total. The zero-order chi connectivity index (χ0) is 22.2. The van der Waals surface area contributed by atoms with Gasteiger partial charge in [0.2, 0.25) is 5.91 Å². The second kappa shape index (κ2) is 8.39. The van der Waals surface area contributed by atoms with Gasteiger partial charge in [-0.25, -0.2) is 9.97 Å². The molecule has 3 fully saturated rings. The molecule has 0 aromatic carbocycles. The number of hydrogen-bond acceptors (Lipinski definition) is 8. The molecule has 1 saturated carbocycles. The number of nitrogens with zero attached hydrogens (tertiary/aromatic N) is 7. The van der Waals surface area contributed by atoms with Crippen LogP contribution in [0.2, 0.25) is 0 Å². The summed E-state index contributed by atoms with van der Waals surface area (Å²) >= 11 is 0. The van der Waals surface area contributed by atoms with Crippen molar-refractivity contribution in [3.05, 3.63) is 18.0 Å². The van der Waals surface area contributed by atoms with Crippen LogP contribution in [-0.2, 0) is 16.6 Å². The van der Waals surface area contributed by atoms with Crippen molar-refractivity contribution in [3.63, 3.8) is 0 Å². The summed E-state index contributed by atoms with van der Waals surface area (Å²) in [6, 6.07) is 2.38. The number of aromatic nitrogens is 4. The Morgan fingerprint density at radius 3 is 2.72 bits per heavy atom. The quantitative estimate of drug-likeness (QED) is 0.720. The maximum atomic E-state index is 12.6. The van der Waals surface area contributed by atoms with Crippen LogP contribution in [-0.4, -0.2) is 76.0 Å². The van der Waals surface area contributed by atoms with E-state index in [-0.39, 0.29) is 17.9 Å². The van der Waals surface area contributed by atoms with Crippen LogP contribution < -0.4 is 10.2 Å². The van der Waals surface area contributed by atoms with Crippen LogP contribution >= 0.6 is 0 Å². The molecule has 5 rings (SSSR count). The number of carbonyl (C=O) groups excluding carboxylic acids is 1. The SMILES string of the molecule is C[C@@H]1CN(c2nc(-c3cnn(C)c3)nc(NCC3COC3)c2C#N)CCN1C(=O)C1CC1. The Kier molecular flexibility index (Phi) is 5.43. The summed E-state index contributed by atoms with van der Waals surface area (Å²) in [5.74, 6) is 2.57. The second-order valence-corrected chi connectivity index (χ2v) is 8.99. The number of carbonyl (C=O) groups is 1. The van der Waals surface area contributed by atoms with Crippen molar-refractivity contribution in [1.29, 1.82) is 5.26 Å². The van der Waals surface area contributed by atoms with Gasteiger partial charge in [0.1, 0.15) is 17.5 Å². The lowest BCUT2D eigenvalue weighted by molar-refractivity contribution is -0.134. The average Bonchev–Trinajstić information content (AvgIpc) is 3.52. The van der Waals surface area contributed by atoms with Gasteiger partial charge in [-0.3, -0.25) is 9.48 Å². The van der Waals surface area contributed by atoms with E-state index in [1.54, 1.807) is 10.9 Å². The number of ether oxygens (including phenoxy) is 1. The second-order valence-electron chi connectivity index (χ2n) is 8.99. The van der Waals surface area contributed by atoms with E-state index in [9.17, 15) is 10.1 Å². The Morgan fingerprint density at radius 1 is 1.31 bits per heavy atom. The van der Waals surface area contributed by atoms with Crippen molar-refractivity contribution in [2.24, 2.45) is 18.9 Å². The highest BCUT2D eigenvalue weighted by Crippen LogP contribution is 2.34. The van der Waals surface area contributed by atoms with Crippen molar-refractivity contribution in [2.45, 2.75) is 25.8 Å². The summed E-state index contributed by atoms with van der Waals surface area (Å²) in [7, 11) is 1.85. The molecule has 32 heavy (non-hydrogen) atoms. The number of anilines is 2. The predicted molar refractivity (Wildman–Crippen MR) is 118 cm³/mol. The van der Waals surface area contributed by atoms with E-state index in [0.717, 1.165) is 31.6 Å². The largest absolute Gasteiger partial charge is 0.381 e. The number of aryl methyl sites for hydroxylation is 1. The molecule has 4 heterocycles. The maximum Gasteiger partial charge on any atom is 0.226 e.